The summed E-state index contributed by atoms with van der Waals surface area (Å²) in [6.07, 6.45) is 14.9. The van der Waals surface area contributed by atoms with E-state index in [1.807, 2.05) is 0 Å². The number of nitrogens with one attached hydrogen (secondary N) is 2. The Morgan fingerprint density at radius 2 is 1.29 bits per heavy atom. The molecule has 31 heavy (non-hydrogen) atoms. The minimum absolute atomic E-state index is 0.145. The summed E-state index contributed by atoms with van der Waals surface area (Å²) in [4.78, 5) is 23.6. The molecule has 0 unspecified atom stereocenters. The molecule has 0 saturated carbocycles. The van der Waals surface area contributed by atoms with Crippen LogP contribution in [0.1, 0.15) is 96.8 Å². The Kier molecular flexibility index (Phi) is 16.1. The van der Waals surface area contributed by atoms with Gasteiger partial charge in [-0.2, -0.15) is 0 Å². The van der Waals surface area contributed by atoms with Gasteiger partial charge >= 0.3 is 0 Å². The van der Waals surface area contributed by atoms with Gasteiger partial charge < -0.3 is 4.74 Å². The van der Waals surface area contributed by atoms with Crippen molar-refractivity contribution in [3.8, 4) is 5.75 Å². The molecule has 0 radical (unpaired) electrons. The molecular formula is C24H38Cl2N2O3. The summed E-state index contributed by atoms with van der Waals surface area (Å²) in [6.45, 7) is 2.59. The van der Waals surface area contributed by atoms with Gasteiger partial charge in [-0.05, 0) is 31.0 Å². The van der Waals surface area contributed by atoms with Gasteiger partial charge in [0, 0.05) is 17.9 Å². The number of benzene rings is 1. The van der Waals surface area contributed by atoms with Crippen molar-refractivity contribution in [2.45, 2.75) is 96.8 Å². The lowest BCUT2D eigenvalue weighted by atomic mass is 10.1. The van der Waals surface area contributed by atoms with Gasteiger partial charge in [0.1, 0.15) is 5.75 Å². The molecule has 2 amide bonds. The Bertz CT molecular complexity index is 641. The van der Waals surface area contributed by atoms with Crippen LogP contribution in [0.25, 0.3) is 0 Å². The maximum Gasteiger partial charge on any atom is 0.238 e. The summed E-state index contributed by atoms with van der Waals surface area (Å²) in [5.74, 6) is 0.151. The molecule has 0 aromatic heterocycles. The van der Waals surface area contributed by atoms with Gasteiger partial charge in [-0.3, -0.25) is 20.4 Å². The second-order valence-electron chi connectivity index (χ2n) is 7.91. The van der Waals surface area contributed by atoms with E-state index < -0.39 is 0 Å². The van der Waals surface area contributed by atoms with Crippen LogP contribution in [0.5, 0.6) is 5.75 Å². The number of hydrogen-bond acceptors (Lipinski definition) is 3. The fraction of sp³-hybridized carbons (Fsp3) is 0.667. The van der Waals surface area contributed by atoms with Gasteiger partial charge in [-0.1, -0.05) is 94.3 Å². The largest absolute Gasteiger partial charge is 0.492 e. The fourth-order valence-corrected chi connectivity index (χ4v) is 3.68. The average molecular weight is 473 g/mol. The van der Waals surface area contributed by atoms with Crippen LogP contribution in [0.2, 0.25) is 10.0 Å². The maximum absolute atomic E-state index is 11.8. The first-order valence-corrected chi connectivity index (χ1v) is 12.4. The van der Waals surface area contributed by atoms with Crippen molar-refractivity contribution in [3.05, 3.63) is 28.2 Å². The quantitative estimate of drug-likeness (QED) is 0.189. The predicted octanol–water partition coefficient (Wildman–Crippen LogP) is 7.00. The first-order valence-electron chi connectivity index (χ1n) is 11.7. The zero-order valence-electron chi connectivity index (χ0n) is 18.8. The number of rotatable bonds is 17. The molecule has 0 bridgehead atoms. The smallest absolute Gasteiger partial charge is 0.238 e. The van der Waals surface area contributed by atoms with Crippen molar-refractivity contribution < 1.29 is 14.3 Å². The Morgan fingerprint density at radius 3 is 1.84 bits per heavy atom. The molecule has 5 nitrogen and oxygen atoms in total. The number of ether oxygens (including phenoxy) is 1. The topological polar surface area (TPSA) is 67.4 Å². The third-order valence-electron chi connectivity index (χ3n) is 5.05. The highest BCUT2D eigenvalue weighted by Gasteiger charge is 2.06. The SMILES string of the molecule is CCCCCCCCCCCCCC(=O)NNC(=O)CCCOc1ccc(Cl)cc1Cl. The number of carbonyl (C=O) groups excluding carboxylic acids is 2. The molecule has 0 atom stereocenters. The lowest BCUT2D eigenvalue weighted by Crippen LogP contribution is -2.41. The van der Waals surface area contributed by atoms with Gasteiger partial charge in [-0.15, -0.1) is 0 Å². The van der Waals surface area contributed by atoms with Crippen molar-refractivity contribution in [1.29, 1.82) is 0 Å². The van der Waals surface area contributed by atoms with Crippen LogP contribution < -0.4 is 15.6 Å². The second-order valence-corrected chi connectivity index (χ2v) is 8.75. The lowest BCUT2D eigenvalue weighted by Gasteiger charge is -2.09. The molecule has 1 aromatic carbocycles. The Hall–Kier alpha value is -1.46. The number of halogens is 2. The molecule has 0 heterocycles. The third-order valence-corrected chi connectivity index (χ3v) is 5.58. The average Bonchev–Trinajstić information content (AvgIpc) is 2.74. The number of unbranched alkanes of at least 4 members (excludes halogenated alkanes) is 10. The summed E-state index contributed by atoms with van der Waals surface area (Å²) in [5, 5.41) is 0.979. The van der Waals surface area contributed by atoms with Gasteiger partial charge in [0.15, 0.2) is 0 Å². The summed E-state index contributed by atoms with van der Waals surface area (Å²) in [7, 11) is 0. The highest BCUT2D eigenvalue weighted by molar-refractivity contribution is 6.35. The first kappa shape index (κ1) is 27.6. The molecular weight excluding hydrogens is 435 g/mol. The number of amides is 2. The lowest BCUT2D eigenvalue weighted by molar-refractivity contribution is -0.129. The van der Waals surface area contributed by atoms with Crippen LogP contribution in [0.15, 0.2) is 18.2 Å². The van der Waals surface area contributed by atoms with Gasteiger partial charge in [0.2, 0.25) is 11.8 Å². The molecule has 1 aromatic rings. The number of hydrazine groups is 1. The van der Waals surface area contributed by atoms with E-state index in [9.17, 15) is 9.59 Å². The molecule has 176 valence electrons. The highest BCUT2D eigenvalue weighted by Crippen LogP contribution is 2.27. The van der Waals surface area contributed by atoms with Crippen molar-refractivity contribution in [1.82, 2.24) is 10.9 Å². The summed E-state index contributed by atoms with van der Waals surface area (Å²) < 4.78 is 5.53. The van der Waals surface area contributed by atoms with E-state index in [1.54, 1.807) is 18.2 Å². The Labute approximate surface area is 197 Å². The van der Waals surface area contributed by atoms with E-state index in [2.05, 4.69) is 17.8 Å². The molecule has 7 heteroatoms. The summed E-state index contributed by atoms with van der Waals surface area (Å²) in [5.41, 5.74) is 4.93. The van der Waals surface area contributed by atoms with Gasteiger partial charge in [-0.25, -0.2) is 0 Å². The fourth-order valence-electron chi connectivity index (χ4n) is 3.22. The molecule has 0 saturated heterocycles. The van der Waals surface area contributed by atoms with Gasteiger partial charge in [0.25, 0.3) is 0 Å². The van der Waals surface area contributed by atoms with Crippen LogP contribution in [0.3, 0.4) is 0 Å². The van der Waals surface area contributed by atoms with Crippen LogP contribution in [-0.4, -0.2) is 18.4 Å². The molecule has 0 fully saturated rings. The van der Waals surface area contributed by atoms with Gasteiger partial charge in [0.05, 0.1) is 11.6 Å². The van der Waals surface area contributed by atoms with Crippen LogP contribution >= 0.6 is 23.2 Å². The van der Waals surface area contributed by atoms with Crippen molar-refractivity contribution in [3.63, 3.8) is 0 Å². The molecule has 0 aliphatic heterocycles. The summed E-state index contributed by atoms with van der Waals surface area (Å²) >= 11 is 11.9. The minimum atomic E-state index is -0.238. The van der Waals surface area contributed by atoms with E-state index in [0.717, 1.165) is 12.8 Å². The number of hydrogen-bond donors (Lipinski definition) is 2. The summed E-state index contributed by atoms with van der Waals surface area (Å²) in [6, 6.07) is 5.00. The minimum Gasteiger partial charge on any atom is -0.492 e. The van der Waals surface area contributed by atoms with E-state index >= 15 is 0 Å². The van der Waals surface area contributed by atoms with E-state index in [0.29, 0.717) is 35.2 Å². The molecule has 0 spiro atoms. The van der Waals surface area contributed by atoms with Crippen LogP contribution in [0, 0.1) is 0 Å². The van der Waals surface area contributed by atoms with Crippen molar-refractivity contribution in [2.75, 3.05) is 6.61 Å². The Morgan fingerprint density at radius 1 is 0.774 bits per heavy atom. The normalized spacial score (nSPS) is 10.7. The molecule has 0 aliphatic rings. The van der Waals surface area contributed by atoms with Crippen LogP contribution in [-0.2, 0) is 9.59 Å². The van der Waals surface area contributed by atoms with Crippen molar-refractivity contribution >= 4 is 35.0 Å². The molecule has 0 aliphatic carbocycles. The number of carbonyl (C=O) groups is 2. The Balaban J connectivity index is 1.93. The molecule has 2 N–H and O–H groups in total. The maximum atomic E-state index is 11.8. The van der Waals surface area contributed by atoms with E-state index in [1.165, 1.54) is 57.8 Å². The standard InChI is InChI=1S/C24H38Cl2N2O3/c1-2-3-4-5-6-7-8-9-10-11-12-14-23(29)27-28-24(30)15-13-18-31-22-17-16-20(25)19-21(22)26/h16-17,19H,2-15,18H2,1H3,(H,27,29)(H,28,30). The van der Waals surface area contributed by atoms with Crippen molar-refractivity contribution in [2.24, 2.45) is 0 Å². The van der Waals surface area contributed by atoms with E-state index in [-0.39, 0.29) is 18.2 Å². The zero-order chi connectivity index (χ0) is 22.7. The monoisotopic (exact) mass is 472 g/mol. The predicted molar refractivity (Wildman–Crippen MR) is 129 cm³/mol. The van der Waals surface area contributed by atoms with E-state index in [4.69, 9.17) is 27.9 Å². The first-order chi connectivity index (χ1) is 15.0. The highest BCUT2D eigenvalue weighted by atomic mass is 35.5. The second kappa shape index (κ2) is 18.1. The third kappa shape index (κ3) is 15.1. The van der Waals surface area contributed by atoms with Crippen LogP contribution in [0.4, 0.5) is 0 Å². The molecule has 1 rings (SSSR count). The zero-order valence-corrected chi connectivity index (χ0v) is 20.3.